The minimum Gasteiger partial charge on any atom is -0.382 e. The van der Waals surface area contributed by atoms with Crippen LogP contribution in [0.2, 0.25) is 0 Å². The highest BCUT2D eigenvalue weighted by molar-refractivity contribution is 7.44. The molecule has 7 heteroatoms. The Bertz CT molecular complexity index is 211. The molecule has 3 atom stereocenters. The van der Waals surface area contributed by atoms with E-state index in [1.54, 1.807) is 7.11 Å². The van der Waals surface area contributed by atoms with Crippen LogP contribution in [0.4, 0.5) is 0 Å². The molecule has 5 nitrogen and oxygen atoms in total. The summed E-state index contributed by atoms with van der Waals surface area (Å²) in [5, 5.41) is 1.84. The Balaban J connectivity index is 2.46. The number of hydrogen-bond acceptors (Lipinski definition) is 5. The first-order valence-electron chi connectivity index (χ1n) is 5.42. The molecule has 1 aliphatic heterocycles. The standard InChI is InChI=1S/C9H20BN2O3P/c1-5-8-6-12(7-9(10)14-8)15-16(13-4)11(2)3/h8-9H,5-7H2,1-4H3. The third-order valence-corrected chi connectivity index (χ3v) is 3.62. The summed E-state index contributed by atoms with van der Waals surface area (Å²) in [5.41, 5.74) is 0. The Hall–Kier alpha value is 0.295. The maximum Gasteiger partial charge on any atom is 0.276 e. The second-order valence-electron chi connectivity index (χ2n) is 3.90. The maximum atomic E-state index is 5.79. The topological polar surface area (TPSA) is 34.2 Å². The van der Waals surface area contributed by atoms with E-state index in [1.807, 2.05) is 23.8 Å². The van der Waals surface area contributed by atoms with Crippen LogP contribution in [0.25, 0.3) is 0 Å². The van der Waals surface area contributed by atoms with Crippen molar-refractivity contribution in [2.45, 2.75) is 25.5 Å². The molecule has 1 saturated heterocycles. The van der Waals surface area contributed by atoms with E-state index in [9.17, 15) is 0 Å². The number of hydrogen-bond donors (Lipinski definition) is 0. The van der Waals surface area contributed by atoms with Crippen molar-refractivity contribution in [1.29, 1.82) is 0 Å². The first-order chi connectivity index (χ1) is 7.56. The third-order valence-electron chi connectivity index (χ3n) is 2.28. The molecular weight excluding hydrogens is 226 g/mol. The van der Waals surface area contributed by atoms with Crippen LogP contribution < -0.4 is 0 Å². The molecule has 1 aliphatic rings. The van der Waals surface area contributed by atoms with Gasteiger partial charge >= 0.3 is 0 Å². The van der Waals surface area contributed by atoms with E-state index >= 15 is 0 Å². The zero-order chi connectivity index (χ0) is 12.1. The van der Waals surface area contributed by atoms with Gasteiger partial charge in [-0.15, -0.1) is 0 Å². The predicted molar refractivity (Wildman–Crippen MR) is 65.0 cm³/mol. The van der Waals surface area contributed by atoms with Gasteiger partial charge in [0.2, 0.25) is 0 Å². The molecule has 1 heterocycles. The fourth-order valence-corrected chi connectivity index (χ4v) is 2.37. The Kier molecular flexibility index (Phi) is 6.18. The largest absolute Gasteiger partial charge is 0.382 e. The van der Waals surface area contributed by atoms with Crippen molar-refractivity contribution < 1.29 is 13.9 Å². The fraction of sp³-hybridized carbons (Fsp3) is 1.00. The Labute approximate surface area is 100 Å². The molecule has 0 bridgehead atoms. The van der Waals surface area contributed by atoms with Gasteiger partial charge in [-0.05, 0) is 20.5 Å². The number of nitrogens with zero attached hydrogens (tertiary/aromatic N) is 2. The van der Waals surface area contributed by atoms with Gasteiger partial charge in [-0.3, -0.25) is 0 Å². The van der Waals surface area contributed by atoms with Crippen molar-refractivity contribution in [3.8, 4) is 0 Å². The molecule has 3 unspecified atom stereocenters. The quantitative estimate of drug-likeness (QED) is 0.533. The van der Waals surface area contributed by atoms with Gasteiger partial charge < -0.3 is 9.26 Å². The van der Waals surface area contributed by atoms with Gasteiger partial charge in [0.25, 0.3) is 8.53 Å². The maximum absolute atomic E-state index is 5.79. The summed E-state index contributed by atoms with van der Waals surface area (Å²) < 4.78 is 18.5. The summed E-state index contributed by atoms with van der Waals surface area (Å²) in [4.78, 5) is 0. The molecule has 2 radical (unpaired) electrons. The molecular formula is C9H20BN2O3P. The van der Waals surface area contributed by atoms with Gasteiger partial charge in [0.15, 0.2) is 0 Å². The van der Waals surface area contributed by atoms with E-state index in [4.69, 9.17) is 21.7 Å². The van der Waals surface area contributed by atoms with Crippen LogP contribution in [-0.2, 0) is 13.9 Å². The number of hydroxylamine groups is 2. The normalized spacial score (nSPS) is 29.6. The highest BCUT2D eigenvalue weighted by Crippen LogP contribution is 2.40. The number of ether oxygens (including phenoxy) is 1. The minimum atomic E-state index is -1.04. The zero-order valence-electron chi connectivity index (χ0n) is 10.4. The Morgan fingerprint density at radius 3 is 2.69 bits per heavy atom. The number of rotatable bonds is 5. The molecule has 0 aromatic carbocycles. The SMILES string of the molecule is [B]C1CN(OP(OC)N(C)C)CC(CC)O1. The minimum absolute atomic E-state index is 0.139. The summed E-state index contributed by atoms with van der Waals surface area (Å²) in [7, 11) is 10.2. The van der Waals surface area contributed by atoms with Gasteiger partial charge in [0.1, 0.15) is 7.85 Å². The van der Waals surface area contributed by atoms with E-state index in [0.29, 0.717) is 6.54 Å². The average molecular weight is 246 g/mol. The second-order valence-corrected chi connectivity index (χ2v) is 5.71. The summed E-state index contributed by atoms with van der Waals surface area (Å²) in [5.74, 6) is 0. The molecule has 0 aromatic heterocycles. The summed E-state index contributed by atoms with van der Waals surface area (Å²) in [6.07, 6.45) is 1.07. The fourth-order valence-electron chi connectivity index (χ4n) is 1.50. The van der Waals surface area contributed by atoms with Crippen molar-refractivity contribution in [3.05, 3.63) is 0 Å². The highest BCUT2D eigenvalue weighted by atomic mass is 31.2. The highest BCUT2D eigenvalue weighted by Gasteiger charge is 2.27. The van der Waals surface area contributed by atoms with Gasteiger partial charge in [-0.1, -0.05) is 6.92 Å². The van der Waals surface area contributed by atoms with E-state index < -0.39 is 8.53 Å². The van der Waals surface area contributed by atoms with Gasteiger partial charge in [0, 0.05) is 19.7 Å². The molecule has 0 N–H and O–H groups in total. The first kappa shape index (κ1) is 14.4. The van der Waals surface area contributed by atoms with Gasteiger partial charge in [0.05, 0.1) is 12.6 Å². The molecule has 92 valence electrons. The van der Waals surface area contributed by atoms with Crippen molar-refractivity contribution in [3.63, 3.8) is 0 Å². The molecule has 1 fully saturated rings. The van der Waals surface area contributed by atoms with Crippen LogP contribution in [0.15, 0.2) is 0 Å². The summed E-state index contributed by atoms with van der Waals surface area (Å²) >= 11 is 0. The van der Waals surface area contributed by atoms with Crippen molar-refractivity contribution >= 4 is 16.4 Å². The lowest BCUT2D eigenvalue weighted by atomic mass is 9.98. The molecule has 0 saturated carbocycles. The van der Waals surface area contributed by atoms with Crippen LogP contribution in [0.3, 0.4) is 0 Å². The first-order valence-corrected chi connectivity index (χ1v) is 6.55. The summed E-state index contributed by atoms with van der Waals surface area (Å²) in [6.45, 7) is 3.39. The number of morpholine rings is 1. The lowest BCUT2D eigenvalue weighted by molar-refractivity contribution is -0.162. The molecule has 1 rings (SSSR count). The van der Waals surface area contributed by atoms with Crippen LogP contribution >= 0.6 is 8.53 Å². The zero-order valence-corrected chi connectivity index (χ0v) is 11.3. The molecule has 0 aliphatic carbocycles. The van der Waals surface area contributed by atoms with Crippen LogP contribution in [0.5, 0.6) is 0 Å². The predicted octanol–water partition coefficient (Wildman–Crippen LogP) is 0.958. The van der Waals surface area contributed by atoms with Gasteiger partial charge in [-0.2, -0.15) is 5.06 Å². The van der Waals surface area contributed by atoms with Crippen LogP contribution in [-0.4, -0.2) is 64.0 Å². The smallest absolute Gasteiger partial charge is 0.276 e. The van der Waals surface area contributed by atoms with Crippen molar-refractivity contribution in [2.24, 2.45) is 0 Å². The van der Waals surface area contributed by atoms with E-state index in [0.717, 1.165) is 13.0 Å². The third kappa shape index (κ3) is 4.28. The molecule has 0 aromatic rings. The molecule has 16 heavy (non-hydrogen) atoms. The Morgan fingerprint density at radius 1 is 1.50 bits per heavy atom. The van der Waals surface area contributed by atoms with E-state index in [1.165, 1.54) is 0 Å². The van der Waals surface area contributed by atoms with Gasteiger partial charge in [-0.25, -0.2) is 9.29 Å². The monoisotopic (exact) mass is 246 g/mol. The molecule has 0 amide bonds. The van der Waals surface area contributed by atoms with Crippen LogP contribution in [0, 0.1) is 0 Å². The van der Waals surface area contributed by atoms with E-state index in [-0.39, 0.29) is 12.1 Å². The molecule has 0 spiro atoms. The Morgan fingerprint density at radius 2 is 2.19 bits per heavy atom. The summed E-state index contributed by atoms with van der Waals surface area (Å²) in [6, 6.07) is -0.283. The lowest BCUT2D eigenvalue weighted by Crippen LogP contribution is -2.47. The van der Waals surface area contributed by atoms with Crippen molar-refractivity contribution in [2.75, 3.05) is 34.3 Å². The second kappa shape index (κ2) is 6.89. The average Bonchev–Trinajstić information content (AvgIpc) is 2.24. The lowest BCUT2D eigenvalue weighted by Gasteiger charge is -2.37. The van der Waals surface area contributed by atoms with Crippen molar-refractivity contribution in [1.82, 2.24) is 9.73 Å². The van der Waals surface area contributed by atoms with E-state index in [2.05, 4.69) is 6.92 Å². The van der Waals surface area contributed by atoms with Crippen LogP contribution in [0.1, 0.15) is 13.3 Å².